The van der Waals surface area contributed by atoms with E-state index in [1.807, 2.05) is 28.9 Å². The molecule has 43 heavy (non-hydrogen) atoms. The minimum absolute atomic E-state index is 0.132. The fraction of sp³-hybridized carbons (Fsp3) is 0.600. The molecule has 2 amide bonds. The van der Waals surface area contributed by atoms with Crippen molar-refractivity contribution < 1.29 is 19.1 Å². The molecule has 13 heteroatoms. The number of aromatic nitrogens is 6. The predicted molar refractivity (Wildman–Crippen MR) is 160 cm³/mol. The topological polar surface area (TPSA) is 152 Å². The largest absolute Gasteiger partial charge is 0.496 e. The van der Waals surface area contributed by atoms with E-state index < -0.39 is 0 Å². The van der Waals surface area contributed by atoms with Gasteiger partial charge in [-0.3, -0.25) is 14.3 Å². The first-order chi connectivity index (χ1) is 21.1. The van der Waals surface area contributed by atoms with E-state index in [-0.39, 0.29) is 30.3 Å². The van der Waals surface area contributed by atoms with Crippen LogP contribution in [-0.4, -0.2) is 93.6 Å². The molecule has 0 spiro atoms. The highest BCUT2D eigenvalue weighted by Crippen LogP contribution is 2.41. The molecular formula is C30H43N9O4. The molecular weight excluding hydrogens is 550 g/mol. The zero-order valence-electron chi connectivity index (χ0n) is 25.2. The first kappa shape index (κ1) is 30.5. The lowest BCUT2D eigenvalue weighted by atomic mass is 10.1. The lowest BCUT2D eigenvalue weighted by Crippen LogP contribution is -2.42. The summed E-state index contributed by atoms with van der Waals surface area (Å²) in [5.41, 5.74) is 1.88. The molecule has 1 saturated carbocycles. The molecule has 3 heterocycles. The number of hydrogen-bond donors (Lipinski definition) is 3. The fourth-order valence-corrected chi connectivity index (χ4v) is 6.13. The van der Waals surface area contributed by atoms with Crippen LogP contribution in [0.2, 0.25) is 0 Å². The molecule has 232 valence electrons. The van der Waals surface area contributed by atoms with E-state index in [1.54, 1.807) is 14.2 Å². The highest BCUT2D eigenvalue weighted by atomic mass is 16.5. The van der Waals surface area contributed by atoms with Crippen LogP contribution in [0.4, 0.5) is 0 Å². The van der Waals surface area contributed by atoms with Crippen molar-refractivity contribution in [2.45, 2.75) is 76.3 Å². The zero-order valence-corrected chi connectivity index (χ0v) is 25.2. The van der Waals surface area contributed by atoms with Gasteiger partial charge >= 0.3 is 0 Å². The van der Waals surface area contributed by atoms with Crippen LogP contribution in [0.3, 0.4) is 0 Å². The lowest BCUT2D eigenvalue weighted by molar-refractivity contribution is -0.121. The van der Waals surface area contributed by atoms with Crippen LogP contribution in [0.5, 0.6) is 11.5 Å². The van der Waals surface area contributed by atoms with Crippen molar-refractivity contribution >= 4 is 11.8 Å². The first-order valence-corrected chi connectivity index (χ1v) is 15.4. The van der Waals surface area contributed by atoms with Gasteiger partial charge in [0.1, 0.15) is 17.3 Å². The summed E-state index contributed by atoms with van der Waals surface area (Å²) in [5, 5.41) is 24.6. The third-order valence-corrected chi connectivity index (χ3v) is 8.41. The Kier molecular flexibility index (Phi) is 10.6. The van der Waals surface area contributed by atoms with E-state index in [4.69, 9.17) is 14.6 Å². The van der Waals surface area contributed by atoms with E-state index in [0.29, 0.717) is 42.4 Å². The number of aromatic amines is 1. The molecule has 3 N–H and O–H groups in total. The van der Waals surface area contributed by atoms with E-state index in [2.05, 4.69) is 36.2 Å². The Labute approximate surface area is 252 Å². The second-order valence-corrected chi connectivity index (χ2v) is 11.3. The molecule has 1 aliphatic heterocycles. The molecule has 1 saturated heterocycles. The highest BCUT2D eigenvalue weighted by Gasteiger charge is 2.28. The van der Waals surface area contributed by atoms with Crippen LogP contribution in [0, 0.1) is 0 Å². The van der Waals surface area contributed by atoms with Gasteiger partial charge in [0.05, 0.1) is 31.5 Å². The van der Waals surface area contributed by atoms with Crippen molar-refractivity contribution in [3.63, 3.8) is 0 Å². The number of hydrogen-bond acceptors (Lipinski definition) is 9. The lowest BCUT2D eigenvalue weighted by Gasteiger charge is -2.28. The first-order valence-electron chi connectivity index (χ1n) is 15.4. The fourth-order valence-electron chi connectivity index (χ4n) is 6.13. The van der Waals surface area contributed by atoms with Crippen LogP contribution in [0.25, 0.3) is 11.3 Å². The van der Waals surface area contributed by atoms with Gasteiger partial charge in [0.2, 0.25) is 5.91 Å². The zero-order chi connectivity index (χ0) is 30.0. The Morgan fingerprint density at radius 1 is 1.07 bits per heavy atom. The van der Waals surface area contributed by atoms with Gasteiger partial charge in [0.15, 0.2) is 5.69 Å². The monoisotopic (exact) mass is 593 g/mol. The number of ether oxygens (including phenoxy) is 2. The van der Waals surface area contributed by atoms with Crippen molar-refractivity contribution in [3.05, 3.63) is 35.8 Å². The number of carbonyl (C=O) groups is 2. The number of amides is 2. The average Bonchev–Trinajstić information content (AvgIpc) is 3.82. The van der Waals surface area contributed by atoms with E-state index in [1.165, 1.54) is 19.3 Å². The summed E-state index contributed by atoms with van der Waals surface area (Å²) in [4.78, 5) is 29.1. The molecule has 1 aliphatic carbocycles. The minimum atomic E-state index is -0.345. The molecule has 2 aromatic heterocycles. The summed E-state index contributed by atoms with van der Waals surface area (Å²) in [7, 11) is 3.26. The molecule has 0 bridgehead atoms. The van der Waals surface area contributed by atoms with Gasteiger partial charge in [0, 0.05) is 32.0 Å². The van der Waals surface area contributed by atoms with Crippen molar-refractivity contribution in [1.82, 2.24) is 45.9 Å². The number of nitrogens with zero attached hydrogens (tertiary/aromatic N) is 6. The Morgan fingerprint density at radius 2 is 1.81 bits per heavy atom. The quantitative estimate of drug-likeness (QED) is 0.256. The second kappa shape index (κ2) is 14.9. The van der Waals surface area contributed by atoms with Gasteiger partial charge in [-0.1, -0.05) is 25.3 Å². The van der Waals surface area contributed by atoms with E-state index in [9.17, 15) is 9.59 Å². The van der Waals surface area contributed by atoms with Gasteiger partial charge in [0.25, 0.3) is 5.91 Å². The van der Waals surface area contributed by atoms with Gasteiger partial charge in [-0.15, -0.1) is 5.10 Å². The summed E-state index contributed by atoms with van der Waals surface area (Å²) in [6, 6.07) is 7.32. The van der Waals surface area contributed by atoms with Crippen LogP contribution in [-0.2, 0) is 11.2 Å². The summed E-state index contributed by atoms with van der Waals surface area (Å²) in [5.74, 6) is 1.49. The third-order valence-electron chi connectivity index (χ3n) is 8.41. The van der Waals surface area contributed by atoms with Crippen molar-refractivity contribution in [2.24, 2.45) is 0 Å². The maximum Gasteiger partial charge on any atom is 0.272 e. The Balaban J connectivity index is 1.34. The molecule has 3 aromatic rings. The number of piperidine rings is 1. The number of tetrazole rings is 1. The smallest absolute Gasteiger partial charge is 0.272 e. The van der Waals surface area contributed by atoms with Crippen molar-refractivity contribution in [2.75, 3.05) is 40.4 Å². The Hall–Kier alpha value is -4.00. The molecule has 2 aliphatic rings. The number of carbonyl (C=O) groups excluding carboxylic acids is 2. The minimum Gasteiger partial charge on any atom is -0.496 e. The second-order valence-electron chi connectivity index (χ2n) is 11.3. The maximum atomic E-state index is 13.8. The van der Waals surface area contributed by atoms with Gasteiger partial charge in [-0.25, -0.2) is 5.10 Å². The molecule has 1 atom stereocenters. The van der Waals surface area contributed by atoms with Gasteiger partial charge in [-0.2, -0.15) is 5.10 Å². The predicted octanol–water partition coefficient (Wildman–Crippen LogP) is 2.92. The summed E-state index contributed by atoms with van der Waals surface area (Å²) in [6.45, 7) is 3.32. The van der Waals surface area contributed by atoms with Crippen LogP contribution in [0.15, 0.2) is 24.3 Å². The van der Waals surface area contributed by atoms with Gasteiger partial charge in [-0.05, 0) is 73.8 Å². The highest BCUT2D eigenvalue weighted by molar-refractivity contribution is 5.94. The molecule has 5 rings (SSSR count). The molecule has 1 aromatic carbocycles. The number of likely N-dealkylation sites (tertiary alicyclic amines) is 1. The molecule has 0 radical (unpaired) electrons. The van der Waals surface area contributed by atoms with E-state index >= 15 is 0 Å². The van der Waals surface area contributed by atoms with Crippen LogP contribution in [0.1, 0.15) is 80.1 Å². The summed E-state index contributed by atoms with van der Waals surface area (Å²) in [6.07, 6.45) is 9.19. The van der Waals surface area contributed by atoms with Crippen molar-refractivity contribution in [1.29, 1.82) is 0 Å². The molecule has 0 unspecified atom stereocenters. The number of rotatable bonds is 14. The normalized spacial score (nSPS) is 16.6. The number of benzene rings is 1. The van der Waals surface area contributed by atoms with Crippen LogP contribution < -0.4 is 20.1 Å². The average molecular weight is 594 g/mol. The maximum absolute atomic E-state index is 13.8. The van der Waals surface area contributed by atoms with Crippen molar-refractivity contribution in [3.8, 4) is 22.8 Å². The molecule has 13 nitrogen and oxygen atoms in total. The SMILES string of the molecule is COc1cccc(OC)c1-c1cc(C(=O)N[C@@H](CCN2CCCCC2)CC(=O)NCCc2nnn[nH]2)nn1C1CCCC1. The third kappa shape index (κ3) is 7.89. The number of nitrogens with one attached hydrogen (secondary N) is 3. The summed E-state index contributed by atoms with van der Waals surface area (Å²) < 4.78 is 13.4. The van der Waals surface area contributed by atoms with E-state index in [0.717, 1.165) is 56.6 Å². The van der Waals surface area contributed by atoms with Crippen LogP contribution >= 0.6 is 0 Å². The Morgan fingerprint density at radius 3 is 2.49 bits per heavy atom. The molecule has 2 fully saturated rings. The Bertz CT molecular complexity index is 1310. The summed E-state index contributed by atoms with van der Waals surface area (Å²) >= 11 is 0. The number of methoxy groups -OCH3 is 2. The van der Waals surface area contributed by atoms with Gasteiger partial charge < -0.3 is 25.0 Å². The number of H-pyrrole nitrogens is 1. The standard InChI is InChI=1S/C30H43N9O4/c1-42-25-11-8-12-26(43-2)29(25)24-20-23(35-39(24)22-9-4-5-10-22)30(41)32-21(14-18-38-16-6-3-7-17-38)19-28(40)31-15-13-27-33-36-37-34-27/h8,11-12,20-22H,3-7,9-10,13-19H2,1-2H3,(H,31,40)(H,32,41)(H,33,34,36,37)/t21-/m0/s1.